The molecule has 0 aromatic carbocycles. The van der Waals surface area contributed by atoms with Gasteiger partial charge in [0.05, 0.1) is 0 Å². The largest absolute Gasteiger partial charge is 0.413 e. The van der Waals surface area contributed by atoms with Crippen molar-refractivity contribution in [1.29, 1.82) is 0 Å². The Labute approximate surface area is 115 Å². The summed E-state index contributed by atoms with van der Waals surface area (Å²) >= 11 is 0. The molecule has 16 heavy (non-hydrogen) atoms. The zero-order valence-corrected chi connectivity index (χ0v) is 13.5. The fourth-order valence-corrected chi connectivity index (χ4v) is 0.786. The van der Waals surface area contributed by atoms with Crippen LogP contribution < -0.4 is 11.1 Å². The van der Waals surface area contributed by atoms with E-state index in [0.717, 1.165) is 25.1 Å². The molecule has 0 bridgehead atoms. The zero-order valence-electron chi connectivity index (χ0n) is 10.6. The topological polar surface area (TPSA) is 47.3 Å². The predicted molar refractivity (Wildman–Crippen MR) is 67.2 cm³/mol. The Morgan fingerprint density at radius 3 is 2.31 bits per heavy atom. The van der Waals surface area contributed by atoms with Gasteiger partial charge in [0.25, 0.3) is 0 Å². The van der Waals surface area contributed by atoms with Crippen LogP contribution in [-0.4, -0.2) is 19.8 Å². The molecule has 0 spiro atoms. The average molecular weight is 397 g/mol. The van der Waals surface area contributed by atoms with E-state index in [0.29, 0.717) is 18.9 Å². The molecule has 0 saturated carbocycles. The summed E-state index contributed by atoms with van der Waals surface area (Å²) in [5.41, 5.74) is 7.06. The molecule has 0 amide bonds. The molecule has 0 fully saturated rings. The Balaban J connectivity index is -0.000000529. The van der Waals surface area contributed by atoms with Crippen LogP contribution in [-0.2, 0) is 25.8 Å². The van der Waals surface area contributed by atoms with Crippen molar-refractivity contribution < 1.29 is 25.8 Å². The third-order valence-corrected chi connectivity index (χ3v) is 1.51. The van der Waals surface area contributed by atoms with Crippen LogP contribution >= 0.6 is 0 Å². The van der Waals surface area contributed by atoms with E-state index in [9.17, 15) is 0 Å². The molecule has 0 aromatic heterocycles. The first kappa shape index (κ1) is 21.1. The fourth-order valence-electron chi connectivity index (χ4n) is 0.786. The molecule has 3 N–H and O–H groups in total. The minimum Gasteiger partial charge on any atom is -0.413 e. The van der Waals surface area contributed by atoms with Gasteiger partial charge in [-0.2, -0.15) is 0 Å². The van der Waals surface area contributed by atoms with E-state index >= 15 is 0 Å². The minimum absolute atomic E-state index is 0. The maximum atomic E-state index is 5.40. The van der Waals surface area contributed by atoms with Gasteiger partial charge in [-0.05, 0) is 0 Å². The Hall–Kier alpha value is -0.272. The van der Waals surface area contributed by atoms with Crippen molar-refractivity contribution in [3.05, 3.63) is 31.5 Å². The normalized spacial score (nSPS) is 8.19. The molecule has 3 nitrogen and oxygen atoms in total. The number of rotatable bonds is 8. The van der Waals surface area contributed by atoms with Crippen LogP contribution in [0.15, 0.2) is 24.6 Å². The van der Waals surface area contributed by atoms with Crippen molar-refractivity contribution in [2.45, 2.75) is 26.7 Å². The third-order valence-electron chi connectivity index (χ3n) is 1.51. The minimum atomic E-state index is 0. The number of hydrogen-bond donors (Lipinski definition) is 2. The van der Waals surface area contributed by atoms with Crippen molar-refractivity contribution in [2.24, 2.45) is 5.73 Å². The Morgan fingerprint density at radius 1 is 1.31 bits per heavy atom. The van der Waals surface area contributed by atoms with Gasteiger partial charge < -0.3 is 22.7 Å². The molecule has 0 aromatic rings. The molecule has 0 rings (SSSR count). The molecule has 0 atom stereocenters. The quantitative estimate of drug-likeness (QED) is 0.488. The van der Waals surface area contributed by atoms with Gasteiger partial charge >= 0.3 is 0 Å². The van der Waals surface area contributed by atoms with E-state index in [-0.39, 0.29) is 21.1 Å². The van der Waals surface area contributed by atoms with Crippen LogP contribution in [0.5, 0.6) is 0 Å². The molecule has 0 saturated heterocycles. The average Bonchev–Trinajstić information content (AvgIpc) is 2.21. The second-order valence-electron chi connectivity index (χ2n) is 2.80. The summed E-state index contributed by atoms with van der Waals surface area (Å²) in [6.45, 7) is 17.0. The van der Waals surface area contributed by atoms with Crippen molar-refractivity contribution >= 4 is 0 Å². The van der Waals surface area contributed by atoms with Crippen LogP contribution in [0.25, 0.3) is 0 Å². The summed E-state index contributed by atoms with van der Waals surface area (Å²) in [5, 5.41) is 3.14. The maximum Gasteiger partial charge on any atom is 0.0484 e. The Bertz CT molecular complexity index is 172. The summed E-state index contributed by atoms with van der Waals surface area (Å²) in [4.78, 5) is 0. The van der Waals surface area contributed by atoms with Gasteiger partial charge in [0.1, 0.15) is 0 Å². The molecule has 0 aliphatic heterocycles. The van der Waals surface area contributed by atoms with Crippen molar-refractivity contribution in [2.75, 3.05) is 19.8 Å². The molecular weight excluding hydrogens is 372 g/mol. The summed E-state index contributed by atoms with van der Waals surface area (Å²) in [5.74, 6) is 0. The van der Waals surface area contributed by atoms with Crippen molar-refractivity contribution in [3.8, 4) is 0 Å². The molecule has 0 aliphatic rings. The van der Waals surface area contributed by atoms with Gasteiger partial charge in [0.2, 0.25) is 0 Å². The first-order valence-corrected chi connectivity index (χ1v) is 5.38. The van der Waals surface area contributed by atoms with Crippen LogP contribution in [0.1, 0.15) is 26.7 Å². The molecule has 0 aliphatic carbocycles. The second-order valence-corrected chi connectivity index (χ2v) is 2.80. The molecule has 4 heteroatoms. The van der Waals surface area contributed by atoms with Crippen molar-refractivity contribution in [3.63, 3.8) is 0 Å². The fraction of sp³-hybridized carbons (Fsp3) is 0.583. The van der Waals surface area contributed by atoms with Gasteiger partial charge in [-0.1, -0.05) is 33.6 Å². The summed E-state index contributed by atoms with van der Waals surface area (Å²) < 4.78 is 5.08. The third kappa shape index (κ3) is 19.3. The Kier molecular flexibility index (Phi) is 22.6. The van der Waals surface area contributed by atoms with E-state index in [4.69, 9.17) is 10.5 Å². The molecule has 96 valence electrons. The summed E-state index contributed by atoms with van der Waals surface area (Å²) in [7, 11) is 0. The van der Waals surface area contributed by atoms with E-state index in [1.807, 2.05) is 13.8 Å². The van der Waals surface area contributed by atoms with Gasteiger partial charge in [-0.25, -0.2) is 0 Å². The van der Waals surface area contributed by atoms with Gasteiger partial charge in [0.15, 0.2) is 0 Å². The van der Waals surface area contributed by atoms with Crippen LogP contribution in [0, 0.1) is 6.92 Å². The number of ether oxygens (including phenoxy) is 1. The molecule has 0 radical (unpaired) electrons. The van der Waals surface area contributed by atoms with E-state index in [2.05, 4.69) is 25.4 Å². The first-order chi connectivity index (χ1) is 7.16. The smallest absolute Gasteiger partial charge is 0.0484 e. The Morgan fingerprint density at radius 2 is 1.88 bits per heavy atom. The maximum absolute atomic E-state index is 5.40. The summed E-state index contributed by atoms with van der Waals surface area (Å²) in [6, 6.07) is 0. The molecule has 0 unspecified atom stereocenters. The van der Waals surface area contributed by atoms with E-state index in [1.54, 1.807) is 0 Å². The zero-order chi connectivity index (χ0) is 12.1. The van der Waals surface area contributed by atoms with Gasteiger partial charge in [0, 0.05) is 58.5 Å². The van der Waals surface area contributed by atoms with Gasteiger partial charge in [-0.15, -0.1) is 0 Å². The number of nitrogens with two attached hydrogens (primary N) is 1. The van der Waals surface area contributed by atoms with Crippen LogP contribution in [0.3, 0.4) is 0 Å². The second kappa shape index (κ2) is 17.1. The standard InChI is InChI=1S/C10H19N2O.C2H6.W/c1-4-13-8-6-10(3)12-7-5-9(2)11;1-2;/h12H,1-8,11H2;1-2H3;/q-1;;. The molecular formula is C12H25N2OW-. The van der Waals surface area contributed by atoms with Crippen molar-refractivity contribution in [1.82, 2.24) is 5.32 Å². The van der Waals surface area contributed by atoms with Crippen LogP contribution in [0.2, 0.25) is 0 Å². The number of hydrogen-bond acceptors (Lipinski definition) is 3. The number of nitrogens with one attached hydrogen (secondary N) is 1. The predicted octanol–water partition coefficient (Wildman–Crippen LogP) is 2.22. The van der Waals surface area contributed by atoms with E-state index < -0.39 is 0 Å². The van der Waals surface area contributed by atoms with Crippen LogP contribution in [0.4, 0.5) is 0 Å². The summed E-state index contributed by atoms with van der Waals surface area (Å²) in [6.07, 6.45) is 1.59. The van der Waals surface area contributed by atoms with Gasteiger partial charge in [-0.3, -0.25) is 0 Å². The SMILES string of the molecule is C=C(N)CCNC(=C)CCOC[CH2-].CC.[W]. The van der Waals surface area contributed by atoms with E-state index in [1.165, 1.54) is 0 Å². The first-order valence-electron chi connectivity index (χ1n) is 5.38. The molecule has 0 heterocycles. The monoisotopic (exact) mass is 397 g/mol.